The molecular formula is C32H28N6O4. The molecule has 0 N–H and O–H groups in total. The minimum atomic E-state index is -0.327. The van der Waals surface area contributed by atoms with Gasteiger partial charge in [-0.25, -0.2) is 19.2 Å². The van der Waals surface area contributed by atoms with E-state index in [1.807, 2.05) is 91.3 Å². The highest BCUT2D eigenvalue weighted by Crippen LogP contribution is 2.50. The Bertz CT molecular complexity index is 1910. The molecule has 42 heavy (non-hydrogen) atoms. The Balaban J connectivity index is 1.39. The lowest BCUT2D eigenvalue weighted by Gasteiger charge is -2.26. The minimum absolute atomic E-state index is 0.206. The zero-order valence-electron chi connectivity index (χ0n) is 23.6. The van der Waals surface area contributed by atoms with E-state index >= 15 is 0 Å². The van der Waals surface area contributed by atoms with Gasteiger partial charge >= 0.3 is 0 Å². The maximum Gasteiger partial charge on any atom is 0.230 e. The van der Waals surface area contributed by atoms with Crippen molar-refractivity contribution >= 4 is 5.65 Å². The number of hydrogen-bond donors (Lipinski definition) is 0. The van der Waals surface area contributed by atoms with Gasteiger partial charge in [-0.2, -0.15) is 5.10 Å². The fourth-order valence-electron chi connectivity index (χ4n) is 5.38. The molecule has 0 fully saturated rings. The second-order valence-corrected chi connectivity index (χ2v) is 10.1. The van der Waals surface area contributed by atoms with Crippen molar-refractivity contribution in [3.05, 3.63) is 113 Å². The average molecular weight is 561 g/mol. The Labute approximate surface area is 242 Å². The number of para-hydroxylation sites is 1. The van der Waals surface area contributed by atoms with E-state index in [0.29, 0.717) is 34.7 Å². The zero-order chi connectivity index (χ0) is 28.8. The Morgan fingerprint density at radius 1 is 0.857 bits per heavy atom. The van der Waals surface area contributed by atoms with Crippen molar-refractivity contribution in [3.63, 3.8) is 0 Å². The van der Waals surface area contributed by atoms with Gasteiger partial charge in [-0.1, -0.05) is 42.0 Å². The predicted octanol–water partition coefficient (Wildman–Crippen LogP) is 5.81. The summed E-state index contributed by atoms with van der Waals surface area (Å²) < 4.78 is 27.2. The second-order valence-electron chi connectivity index (χ2n) is 10.1. The molecule has 0 amide bonds. The van der Waals surface area contributed by atoms with Crippen molar-refractivity contribution in [3.8, 4) is 34.7 Å². The average Bonchev–Trinajstić information content (AvgIpc) is 3.60. The Kier molecular flexibility index (Phi) is 6.23. The number of benzene rings is 3. The van der Waals surface area contributed by atoms with Crippen LogP contribution in [-0.2, 0) is 6.61 Å². The van der Waals surface area contributed by atoms with E-state index in [1.165, 1.54) is 0 Å². The number of methoxy groups -OCH3 is 2. The summed E-state index contributed by atoms with van der Waals surface area (Å²) in [6.07, 6.45) is 1.61. The van der Waals surface area contributed by atoms with Crippen molar-refractivity contribution in [2.24, 2.45) is 0 Å². The molecule has 4 heterocycles. The minimum Gasteiger partial charge on any atom is -0.493 e. The van der Waals surface area contributed by atoms with E-state index in [0.717, 1.165) is 39.4 Å². The third-order valence-corrected chi connectivity index (χ3v) is 7.39. The van der Waals surface area contributed by atoms with Gasteiger partial charge in [0, 0.05) is 0 Å². The van der Waals surface area contributed by atoms with Crippen LogP contribution >= 0.6 is 0 Å². The van der Waals surface area contributed by atoms with E-state index in [9.17, 15) is 0 Å². The predicted molar refractivity (Wildman–Crippen MR) is 155 cm³/mol. The van der Waals surface area contributed by atoms with Crippen LogP contribution in [0, 0.1) is 13.8 Å². The lowest BCUT2D eigenvalue weighted by molar-refractivity contribution is 0.296. The maximum absolute atomic E-state index is 6.52. The molecule has 0 spiro atoms. The standard InChI is InChI=1S/C32H28N6O4/c1-19-10-13-23(14-11-19)41-17-26-34-30-29-28(21-12-15-24(39-3)25(16-21)40-4)27-20(2)35-38(22-8-6-5-7-9-22)32(27)42-31(29)33-18-37(30)36-26/h5-16,18,28H,17H2,1-4H3/t28-/m1/s1. The molecule has 1 atom stereocenters. The molecule has 10 heteroatoms. The number of aromatic nitrogens is 6. The number of aryl methyl sites for hydroxylation is 2. The van der Waals surface area contributed by atoms with Crippen LogP contribution in [0.15, 0.2) is 79.1 Å². The van der Waals surface area contributed by atoms with Gasteiger partial charge in [-0.3, -0.25) is 0 Å². The first-order chi connectivity index (χ1) is 20.5. The van der Waals surface area contributed by atoms with Gasteiger partial charge in [0.05, 0.1) is 42.6 Å². The molecule has 0 saturated heterocycles. The molecular weight excluding hydrogens is 532 g/mol. The van der Waals surface area contributed by atoms with Crippen molar-refractivity contribution < 1.29 is 18.9 Å². The largest absolute Gasteiger partial charge is 0.493 e. The van der Waals surface area contributed by atoms with Gasteiger partial charge in [0.1, 0.15) is 18.7 Å². The van der Waals surface area contributed by atoms with Crippen LogP contribution < -0.4 is 18.9 Å². The molecule has 6 aromatic rings. The molecule has 0 unspecified atom stereocenters. The number of nitrogens with zero attached hydrogens (tertiary/aromatic N) is 6. The number of ether oxygens (including phenoxy) is 4. The van der Waals surface area contributed by atoms with Gasteiger partial charge < -0.3 is 18.9 Å². The van der Waals surface area contributed by atoms with Crippen LogP contribution in [0.5, 0.6) is 29.0 Å². The molecule has 3 aromatic carbocycles. The zero-order valence-corrected chi connectivity index (χ0v) is 23.6. The summed E-state index contributed by atoms with van der Waals surface area (Å²) in [6.45, 7) is 4.23. The summed E-state index contributed by atoms with van der Waals surface area (Å²) in [5, 5.41) is 9.57. The molecule has 1 aliphatic rings. The van der Waals surface area contributed by atoms with Crippen molar-refractivity contribution in [1.82, 2.24) is 29.4 Å². The van der Waals surface area contributed by atoms with Crippen molar-refractivity contribution in [2.75, 3.05) is 14.2 Å². The first-order valence-corrected chi connectivity index (χ1v) is 13.5. The highest BCUT2D eigenvalue weighted by Gasteiger charge is 2.38. The molecule has 0 radical (unpaired) electrons. The third kappa shape index (κ3) is 4.28. The van der Waals surface area contributed by atoms with Crippen LogP contribution in [-0.4, -0.2) is 43.6 Å². The van der Waals surface area contributed by atoms with Crippen LogP contribution in [0.2, 0.25) is 0 Å². The van der Waals surface area contributed by atoms with Crippen LogP contribution in [0.1, 0.15) is 39.7 Å². The topological polar surface area (TPSA) is 97.8 Å². The molecule has 210 valence electrons. The van der Waals surface area contributed by atoms with E-state index in [1.54, 1.807) is 25.1 Å². The molecule has 7 rings (SSSR count). The third-order valence-electron chi connectivity index (χ3n) is 7.39. The Morgan fingerprint density at radius 2 is 1.64 bits per heavy atom. The summed E-state index contributed by atoms with van der Waals surface area (Å²) in [5.74, 6) is 3.24. The fraction of sp³-hybridized carbons (Fsp3) is 0.188. The van der Waals surface area contributed by atoms with Gasteiger partial charge in [-0.05, 0) is 55.8 Å². The maximum atomic E-state index is 6.52. The molecule has 1 aliphatic heterocycles. The number of fused-ring (bicyclic) bond motifs is 4. The first kappa shape index (κ1) is 25.6. The SMILES string of the molecule is COc1ccc([C@@H]2c3c(C)nn(-c4ccccc4)c3Oc3ncn4nc(COc5ccc(C)cc5)nc4c32)cc1OC. The number of rotatable bonds is 7. The normalized spacial score (nSPS) is 13.8. The molecule has 10 nitrogen and oxygen atoms in total. The van der Waals surface area contributed by atoms with Gasteiger partial charge in [0.2, 0.25) is 11.8 Å². The van der Waals surface area contributed by atoms with Gasteiger partial charge in [0.15, 0.2) is 23.0 Å². The summed E-state index contributed by atoms with van der Waals surface area (Å²) in [7, 11) is 3.25. The summed E-state index contributed by atoms with van der Waals surface area (Å²) in [6, 6.07) is 23.7. The highest BCUT2D eigenvalue weighted by atomic mass is 16.5. The monoisotopic (exact) mass is 560 g/mol. The summed E-state index contributed by atoms with van der Waals surface area (Å²) in [5.41, 5.74) is 6.14. The van der Waals surface area contributed by atoms with E-state index < -0.39 is 0 Å². The van der Waals surface area contributed by atoms with Crippen LogP contribution in [0.4, 0.5) is 0 Å². The molecule has 0 aliphatic carbocycles. The Morgan fingerprint density at radius 3 is 2.40 bits per heavy atom. The van der Waals surface area contributed by atoms with E-state index in [4.69, 9.17) is 29.0 Å². The lowest BCUT2D eigenvalue weighted by atomic mass is 9.84. The van der Waals surface area contributed by atoms with Gasteiger partial charge in [0.25, 0.3) is 0 Å². The Hall–Kier alpha value is -5.38. The first-order valence-electron chi connectivity index (χ1n) is 13.5. The molecule has 0 saturated carbocycles. The van der Waals surface area contributed by atoms with Gasteiger partial charge in [-0.15, -0.1) is 5.10 Å². The van der Waals surface area contributed by atoms with Crippen molar-refractivity contribution in [1.29, 1.82) is 0 Å². The summed E-state index contributed by atoms with van der Waals surface area (Å²) in [4.78, 5) is 9.59. The van der Waals surface area contributed by atoms with E-state index in [2.05, 4.69) is 10.1 Å². The summed E-state index contributed by atoms with van der Waals surface area (Å²) >= 11 is 0. The number of hydrogen-bond acceptors (Lipinski definition) is 8. The van der Waals surface area contributed by atoms with Crippen LogP contribution in [0.3, 0.4) is 0 Å². The van der Waals surface area contributed by atoms with E-state index in [-0.39, 0.29) is 12.5 Å². The molecule has 3 aromatic heterocycles. The van der Waals surface area contributed by atoms with Crippen LogP contribution in [0.25, 0.3) is 11.3 Å². The fourth-order valence-corrected chi connectivity index (χ4v) is 5.38. The van der Waals surface area contributed by atoms with Crippen molar-refractivity contribution in [2.45, 2.75) is 26.4 Å². The quantitative estimate of drug-likeness (QED) is 0.241. The molecule has 0 bridgehead atoms. The highest BCUT2D eigenvalue weighted by molar-refractivity contribution is 5.67. The lowest BCUT2D eigenvalue weighted by Crippen LogP contribution is -2.16. The second kappa shape index (κ2) is 10.2. The smallest absolute Gasteiger partial charge is 0.230 e.